The SMILES string of the molecule is Cc1cccc(-c2ccc(=O)n(CC(=O)O)c2)c1. The third kappa shape index (κ3) is 2.66. The van der Waals surface area contributed by atoms with Crippen LogP contribution in [0.25, 0.3) is 11.1 Å². The first-order valence-corrected chi connectivity index (χ1v) is 5.55. The minimum absolute atomic E-state index is 0.311. The highest BCUT2D eigenvalue weighted by atomic mass is 16.4. The Hall–Kier alpha value is -2.36. The van der Waals surface area contributed by atoms with Crippen molar-refractivity contribution < 1.29 is 9.90 Å². The van der Waals surface area contributed by atoms with E-state index in [1.165, 1.54) is 10.6 Å². The highest BCUT2D eigenvalue weighted by Gasteiger charge is 2.04. The monoisotopic (exact) mass is 243 g/mol. The van der Waals surface area contributed by atoms with Gasteiger partial charge in [0.25, 0.3) is 5.56 Å². The summed E-state index contributed by atoms with van der Waals surface area (Å²) in [7, 11) is 0. The summed E-state index contributed by atoms with van der Waals surface area (Å²) in [6, 6.07) is 10.9. The van der Waals surface area contributed by atoms with E-state index in [2.05, 4.69) is 0 Å². The molecule has 18 heavy (non-hydrogen) atoms. The summed E-state index contributed by atoms with van der Waals surface area (Å²) >= 11 is 0. The fraction of sp³-hybridized carbons (Fsp3) is 0.143. The van der Waals surface area contributed by atoms with Gasteiger partial charge in [-0.1, -0.05) is 29.8 Å². The second-order valence-corrected chi connectivity index (χ2v) is 4.15. The van der Waals surface area contributed by atoms with Crippen molar-refractivity contribution in [2.45, 2.75) is 13.5 Å². The summed E-state index contributed by atoms with van der Waals surface area (Å²) in [4.78, 5) is 22.2. The molecule has 0 unspecified atom stereocenters. The first kappa shape index (κ1) is 12.1. The molecule has 1 aromatic carbocycles. The number of carbonyl (C=O) groups is 1. The summed E-state index contributed by atoms with van der Waals surface area (Å²) in [5.74, 6) is -1.03. The zero-order valence-electron chi connectivity index (χ0n) is 9.96. The van der Waals surface area contributed by atoms with Crippen molar-refractivity contribution in [3.05, 3.63) is 58.5 Å². The summed E-state index contributed by atoms with van der Waals surface area (Å²) in [5.41, 5.74) is 2.60. The van der Waals surface area contributed by atoms with E-state index >= 15 is 0 Å². The molecule has 1 N–H and O–H groups in total. The van der Waals surface area contributed by atoms with Crippen LogP contribution < -0.4 is 5.56 Å². The van der Waals surface area contributed by atoms with Gasteiger partial charge in [0.1, 0.15) is 6.54 Å². The Bertz CT molecular complexity index is 643. The van der Waals surface area contributed by atoms with E-state index in [-0.39, 0.29) is 12.1 Å². The van der Waals surface area contributed by atoms with E-state index in [9.17, 15) is 9.59 Å². The molecule has 2 rings (SSSR count). The Morgan fingerprint density at radius 2 is 2.00 bits per heavy atom. The first-order chi connectivity index (χ1) is 8.56. The Balaban J connectivity index is 2.47. The molecule has 0 aliphatic carbocycles. The molecule has 0 atom stereocenters. The third-order valence-electron chi connectivity index (χ3n) is 2.64. The minimum Gasteiger partial charge on any atom is -0.480 e. The molecule has 4 nitrogen and oxygen atoms in total. The Kier molecular flexibility index (Phi) is 3.28. The van der Waals surface area contributed by atoms with Gasteiger partial charge in [0.05, 0.1) is 0 Å². The minimum atomic E-state index is -1.03. The maximum Gasteiger partial charge on any atom is 0.323 e. The van der Waals surface area contributed by atoms with Crippen LogP contribution in [-0.4, -0.2) is 15.6 Å². The molecule has 0 bridgehead atoms. The van der Waals surface area contributed by atoms with Crippen LogP contribution >= 0.6 is 0 Å². The van der Waals surface area contributed by atoms with E-state index in [0.29, 0.717) is 0 Å². The number of nitrogens with zero attached hydrogens (tertiary/aromatic N) is 1. The van der Waals surface area contributed by atoms with Crippen LogP contribution in [0.5, 0.6) is 0 Å². The lowest BCUT2D eigenvalue weighted by molar-refractivity contribution is -0.137. The van der Waals surface area contributed by atoms with Crippen molar-refractivity contribution in [2.75, 3.05) is 0 Å². The number of aryl methyl sites for hydroxylation is 1. The van der Waals surface area contributed by atoms with Gasteiger partial charge in [-0.2, -0.15) is 0 Å². The number of rotatable bonds is 3. The lowest BCUT2D eigenvalue weighted by Crippen LogP contribution is -2.22. The van der Waals surface area contributed by atoms with Gasteiger partial charge in [-0.05, 0) is 24.1 Å². The van der Waals surface area contributed by atoms with Gasteiger partial charge in [-0.3, -0.25) is 9.59 Å². The molecular weight excluding hydrogens is 230 g/mol. The second-order valence-electron chi connectivity index (χ2n) is 4.15. The largest absolute Gasteiger partial charge is 0.480 e. The molecule has 0 aliphatic rings. The standard InChI is InChI=1S/C14H13NO3/c1-10-3-2-4-11(7-10)12-5-6-13(16)15(8-12)9-14(17)18/h2-8H,9H2,1H3,(H,17,18). The van der Waals surface area contributed by atoms with E-state index in [1.807, 2.05) is 31.2 Å². The topological polar surface area (TPSA) is 59.3 Å². The number of carboxylic acid groups (broad SMARTS) is 1. The van der Waals surface area contributed by atoms with Crippen LogP contribution in [0.1, 0.15) is 5.56 Å². The average molecular weight is 243 g/mol. The summed E-state index contributed by atoms with van der Waals surface area (Å²) in [6.07, 6.45) is 1.57. The van der Waals surface area contributed by atoms with Gasteiger partial charge < -0.3 is 9.67 Å². The fourth-order valence-corrected chi connectivity index (χ4v) is 1.80. The highest BCUT2D eigenvalue weighted by molar-refractivity contribution is 5.67. The molecule has 0 amide bonds. The van der Waals surface area contributed by atoms with Crippen molar-refractivity contribution in [3.8, 4) is 11.1 Å². The number of pyridine rings is 1. The number of aliphatic carboxylic acids is 1. The van der Waals surface area contributed by atoms with Gasteiger partial charge in [-0.25, -0.2) is 0 Å². The van der Waals surface area contributed by atoms with Crippen molar-refractivity contribution in [1.29, 1.82) is 0 Å². The molecule has 0 saturated carbocycles. The van der Waals surface area contributed by atoms with Crippen molar-refractivity contribution in [1.82, 2.24) is 4.57 Å². The number of carboxylic acids is 1. The van der Waals surface area contributed by atoms with Gasteiger partial charge in [0, 0.05) is 12.3 Å². The van der Waals surface area contributed by atoms with Crippen LogP contribution in [0.15, 0.2) is 47.4 Å². The highest BCUT2D eigenvalue weighted by Crippen LogP contribution is 2.18. The lowest BCUT2D eigenvalue weighted by atomic mass is 10.1. The van der Waals surface area contributed by atoms with E-state index < -0.39 is 5.97 Å². The molecule has 0 spiro atoms. The number of aromatic nitrogens is 1. The summed E-state index contributed by atoms with van der Waals surface area (Å²) < 4.78 is 1.19. The number of benzene rings is 1. The van der Waals surface area contributed by atoms with Gasteiger partial charge in [0.2, 0.25) is 0 Å². The zero-order chi connectivity index (χ0) is 13.1. The van der Waals surface area contributed by atoms with Crippen LogP contribution in [0.4, 0.5) is 0 Å². The quantitative estimate of drug-likeness (QED) is 0.895. The molecule has 0 saturated heterocycles. The van der Waals surface area contributed by atoms with Crippen molar-refractivity contribution >= 4 is 5.97 Å². The average Bonchev–Trinajstić information content (AvgIpc) is 2.31. The first-order valence-electron chi connectivity index (χ1n) is 5.55. The number of hydrogen-bond donors (Lipinski definition) is 1. The van der Waals surface area contributed by atoms with E-state index in [4.69, 9.17) is 5.11 Å². The van der Waals surface area contributed by atoms with Crippen LogP contribution in [-0.2, 0) is 11.3 Å². The maximum absolute atomic E-state index is 11.5. The van der Waals surface area contributed by atoms with Crippen molar-refractivity contribution in [3.63, 3.8) is 0 Å². The van der Waals surface area contributed by atoms with E-state index in [0.717, 1.165) is 16.7 Å². The third-order valence-corrected chi connectivity index (χ3v) is 2.64. The molecule has 2 aromatic rings. The van der Waals surface area contributed by atoms with E-state index in [1.54, 1.807) is 12.3 Å². The predicted molar refractivity (Wildman–Crippen MR) is 68.5 cm³/mol. The van der Waals surface area contributed by atoms with Crippen LogP contribution in [0.3, 0.4) is 0 Å². The Morgan fingerprint density at radius 1 is 1.22 bits per heavy atom. The molecule has 0 fully saturated rings. The molecular formula is C14H13NO3. The normalized spacial score (nSPS) is 10.3. The summed E-state index contributed by atoms with van der Waals surface area (Å²) in [5, 5.41) is 8.74. The molecule has 4 heteroatoms. The van der Waals surface area contributed by atoms with Crippen molar-refractivity contribution in [2.24, 2.45) is 0 Å². The predicted octanol–water partition coefficient (Wildman–Crippen LogP) is 1.91. The Morgan fingerprint density at radius 3 is 2.67 bits per heavy atom. The maximum atomic E-state index is 11.5. The van der Waals surface area contributed by atoms with Gasteiger partial charge >= 0.3 is 5.97 Å². The molecule has 1 heterocycles. The van der Waals surface area contributed by atoms with Gasteiger partial charge in [0.15, 0.2) is 0 Å². The second kappa shape index (κ2) is 4.87. The van der Waals surface area contributed by atoms with Gasteiger partial charge in [-0.15, -0.1) is 0 Å². The molecule has 0 radical (unpaired) electrons. The molecule has 92 valence electrons. The lowest BCUT2D eigenvalue weighted by Gasteiger charge is -2.06. The summed E-state index contributed by atoms with van der Waals surface area (Å²) in [6.45, 7) is 1.66. The fourth-order valence-electron chi connectivity index (χ4n) is 1.80. The molecule has 1 aromatic heterocycles. The van der Waals surface area contributed by atoms with Crippen LogP contribution in [0, 0.1) is 6.92 Å². The molecule has 0 aliphatic heterocycles. The van der Waals surface area contributed by atoms with Crippen LogP contribution in [0.2, 0.25) is 0 Å². The zero-order valence-corrected chi connectivity index (χ0v) is 9.96. The Labute approximate surface area is 104 Å². The number of hydrogen-bond acceptors (Lipinski definition) is 2. The smallest absolute Gasteiger partial charge is 0.323 e.